The maximum atomic E-state index is 15.6. The molecule has 2 heterocycles. The van der Waals surface area contributed by atoms with Crippen LogP contribution in [-0.4, -0.2) is 25.0 Å². The molecule has 2 aliphatic rings. The first-order chi connectivity index (χ1) is 12.1. The van der Waals surface area contributed by atoms with Crippen LogP contribution in [0.5, 0.6) is 11.5 Å². The molecule has 1 fully saturated rings. The van der Waals surface area contributed by atoms with Crippen molar-refractivity contribution in [2.45, 2.75) is 38.0 Å². The summed E-state index contributed by atoms with van der Waals surface area (Å²) < 4.78 is 26.7. The predicted molar refractivity (Wildman–Crippen MR) is 91.9 cm³/mol. The molecule has 4 rings (SSSR count). The normalized spacial score (nSPS) is 17.4. The van der Waals surface area contributed by atoms with Crippen LogP contribution < -0.4 is 9.47 Å². The summed E-state index contributed by atoms with van der Waals surface area (Å²) in [6, 6.07) is 3.53. The van der Waals surface area contributed by atoms with Gasteiger partial charge in [-0.2, -0.15) is 0 Å². The van der Waals surface area contributed by atoms with Gasteiger partial charge in [-0.05, 0) is 37.5 Å². The molecule has 1 saturated carbocycles. The molecule has 0 bridgehead atoms. The molecule has 0 amide bonds. The van der Waals surface area contributed by atoms with E-state index in [9.17, 15) is 4.79 Å². The van der Waals surface area contributed by atoms with Crippen LogP contribution in [0.4, 0.5) is 4.39 Å². The Kier molecular flexibility index (Phi) is 3.74. The van der Waals surface area contributed by atoms with Gasteiger partial charge in [0.15, 0.2) is 12.1 Å². The molecule has 0 N–H and O–H groups in total. The fourth-order valence-corrected chi connectivity index (χ4v) is 4.29. The maximum absolute atomic E-state index is 15.6. The molecule has 1 aromatic heterocycles. The summed E-state index contributed by atoms with van der Waals surface area (Å²) in [5.74, 6) is 0.550. The molecule has 1 aliphatic heterocycles. The van der Waals surface area contributed by atoms with Crippen LogP contribution in [0.3, 0.4) is 0 Å². The van der Waals surface area contributed by atoms with Gasteiger partial charge in [-0.25, -0.2) is 9.37 Å². The maximum Gasteiger partial charge on any atom is 0.157 e. The number of methoxy groups -OCH3 is 1. The SMILES string of the molecule is COc1c(C=O)cc(C)cc1-c1ncc2c(c1F)C1(CCCC1)CO2. The largest absolute Gasteiger partial charge is 0.495 e. The first-order valence-electron chi connectivity index (χ1n) is 8.55. The molecule has 130 valence electrons. The topological polar surface area (TPSA) is 48.4 Å². The highest BCUT2D eigenvalue weighted by atomic mass is 19.1. The monoisotopic (exact) mass is 341 g/mol. The Bertz CT molecular complexity index is 857. The van der Waals surface area contributed by atoms with Gasteiger partial charge < -0.3 is 9.47 Å². The smallest absolute Gasteiger partial charge is 0.157 e. The number of ether oxygens (including phenoxy) is 2. The molecular weight excluding hydrogens is 321 g/mol. The van der Waals surface area contributed by atoms with Crippen molar-refractivity contribution in [2.75, 3.05) is 13.7 Å². The summed E-state index contributed by atoms with van der Waals surface area (Å²) in [4.78, 5) is 15.7. The van der Waals surface area contributed by atoms with Gasteiger partial charge in [-0.15, -0.1) is 0 Å². The van der Waals surface area contributed by atoms with Gasteiger partial charge in [0.1, 0.15) is 17.2 Å². The minimum atomic E-state index is -0.349. The van der Waals surface area contributed by atoms with E-state index in [1.54, 1.807) is 18.3 Å². The number of rotatable bonds is 3. The molecule has 0 atom stereocenters. The lowest BCUT2D eigenvalue weighted by Crippen LogP contribution is -2.24. The van der Waals surface area contributed by atoms with Gasteiger partial charge in [0, 0.05) is 16.5 Å². The van der Waals surface area contributed by atoms with E-state index in [-0.39, 0.29) is 16.9 Å². The highest BCUT2D eigenvalue weighted by Crippen LogP contribution is 2.51. The second-order valence-electron chi connectivity index (χ2n) is 6.99. The van der Waals surface area contributed by atoms with E-state index in [1.807, 2.05) is 6.92 Å². The van der Waals surface area contributed by atoms with Gasteiger partial charge in [0.05, 0.1) is 25.5 Å². The third kappa shape index (κ3) is 2.33. The van der Waals surface area contributed by atoms with Gasteiger partial charge in [-0.3, -0.25) is 4.79 Å². The minimum absolute atomic E-state index is 0.221. The number of carbonyl (C=O) groups is 1. The lowest BCUT2D eigenvalue weighted by molar-refractivity contribution is 0.112. The number of hydrogen-bond donors (Lipinski definition) is 0. The van der Waals surface area contributed by atoms with E-state index >= 15 is 4.39 Å². The van der Waals surface area contributed by atoms with Crippen molar-refractivity contribution < 1.29 is 18.7 Å². The molecule has 2 aromatic rings. The second-order valence-corrected chi connectivity index (χ2v) is 6.99. The Hall–Kier alpha value is -2.43. The van der Waals surface area contributed by atoms with E-state index in [1.165, 1.54) is 7.11 Å². The molecule has 1 aromatic carbocycles. The van der Waals surface area contributed by atoms with Gasteiger partial charge in [0.25, 0.3) is 0 Å². The Labute approximate surface area is 146 Å². The first kappa shape index (κ1) is 16.1. The number of nitrogens with zero attached hydrogens (tertiary/aromatic N) is 1. The standard InChI is InChI=1S/C20H20FNO3/c1-12-7-13(10-23)19(24-2)14(8-12)18-17(21)16-15(9-22-18)25-11-20(16)5-3-4-6-20/h7-10H,3-6,11H2,1-2H3. The van der Waals surface area contributed by atoms with Crippen molar-refractivity contribution in [3.63, 3.8) is 0 Å². The van der Waals surface area contributed by atoms with Crippen LogP contribution in [-0.2, 0) is 5.41 Å². The van der Waals surface area contributed by atoms with Crippen molar-refractivity contribution in [3.05, 3.63) is 40.8 Å². The van der Waals surface area contributed by atoms with Gasteiger partial charge in [0.2, 0.25) is 0 Å². The zero-order chi connectivity index (χ0) is 17.6. The second kappa shape index (κ2) is 5.83. The van der Waals surface area contributed by atoms with Gasteiger partial charge in [-0.1, -0.05) is 12.8 Å². The molecule has 4 nitrogen and oxygen atoms in total. The fraction of sp³-hybridized carbons (Fsp3) is 0.400. The molecule has 1 aliphatic carbocycles. The van der Waals surface area contributed by atoms with Crippen LogP contribution in [0, 0.1) is 12.7 Å². The van der Waals surface area contributed by atoms with Crippen LogP contribution in [0.1, 0.15) is 47.2 Å². The summed E-state index contributed by atoms with van der Waals surface area (Å²) in [5.41, 5.74) is 2.38. The molecule has 1 spiro atoms. The fourth-order valence-electron chi connectivity index (χ4n) is 4.29. The average Bonchev–Trinajstić information content (AvgIpc) is 3.23. The van der Waals surface area contributed by atoms with E-state index < -0.39 is 0 Å². The highest BCUT2D eigenvalue weighted by molar-refractivity contribution is 5.86. The number of pyridine rings is 1. The third-order valence-electron chi connectivity index (χ3n) is 5.43. The van der Waals surface area contributed by atoms with Crippen molar-refractivity contribution in [1.29, 1.82) is 0 Å². The number of fused-ring (bicyclic) bond motifs is 2. The summed E-state index contributed by atoms with van der Waals surface area (Å²) in [7, 11) is 1.48. The van der Waals surface area contributed by atoms with Crippen LogP contribution in [0.25, 0.3) is 11.3 Å². The number of benzene rings is 1. The minimum Gasteiger partial charge on any atom is -0.495 e. The zero-order valence-electron chi connectivity index (χ0n) is 14.4. The van der Waals surface area contributed by atoms with E-state index in [0.717, 1.165) is 37.5 Å². The average molecular weight is 341 g/mol. The number of carbonyl (C=O) groups excluding carboxylic acids is 1. The van der Waals surface area contributed by atoms with E-state index in [4.69, 9.17) is 9.47 Å². The predicted octanol–water partition coefficient (Wildman–Crippen LogP) is 4.22. The summed E-state index contributed by atoms with van der Waals surface area (Å²) in [6.07, 6.45) is 6.37. The number of aldehydes is 1. The van der Waals surface area contributed by atoms with Crippen molar-refractivity contribution >= 4 is 6.29 Å². The van der Waals surface area contributed by atoms with Crippen LogP contribution >= 0.6 is 0 Å². The molecule has 5 heteroatoms. The number of hydrogen-bond acceptors (Lipinski definition) is 4. The summed E-state index contributed by atoms with van der Waals surface area (Å²) in [5, 5.41) is 0. The molecule has 0 radical (unpaired) electrons. The molecule has 0 saturated heterocycles. The number of aryl methyl sites for hydroxylation is 1. The number of aromatic nitrogens is 1. The van der Waals surface area contributed by atoms with Crippen LogP contribution in [0.15, 0.2) is 18.3 Å². The first-order valence-corrected chi connectivity index (χ1v) is 8.55. The molecular formula is C20H20FNO3. The van der Waals surface area contributed by atoms with Crippen molar-refractivity contribution in [1.82, 2.24) is 4.98 Å². The summed E-state index contributed by atoms with van der Waals surface area (Å²) >= 11 is 0. The van der Waals surface area contributed by atoms with E-state index in [0.29, 0.717) is 34.8 Å². The number of halogens is 1. The lowest BCUT2D eigenvalue weighted by atomic mass is 9.80. The lowest BCUT2D eigenvalue weighted by Gasteiger charge is -2.22. The Balaban J connectivity index is 1.95. The quantitative estimate of drug-likeness (QED) is 0.784. The summed E-state index contributed by atoms with van der Waals surface area (Å²) in [6.45, 7) is 2.39. The zero-order valence-corrected chi connectivity index (χ0v) is 14.4. The highest BCUT2D eigenvalue weighted by Gasteiger charge is 2.46. The molecule has 25 heavy (non-hydrogen) atoms. The molecule has 0 unspecified atom stereocenters. The Morgan fingerprint density at radius 3 is 2.76 bits per heavy atom. The third-order valence-corrected chi connectivity index (χ3v) is 5.43. The van der Waals surface area contributed by atoms with E-state index in [2.05, 4.69) is 4.98 Å². The van der Waals surface area contributed by atoms with Crippen molar-refractivity contribution in [2.24, 2.45) is 0 Å². The van der Waals surface area contributed by atoms with Crippen molar-refractivity contribution in [3.8, 4) is 22.8 Å². The Morgan fingerprint density at radius 2 is 2.08 bits per heavy atom. The Morgan fingerprint density at radius 1 is 1.32 bits per heavy atom. The van der Waals surface area contributed by atoms with Gasteiger partial charge >= 0.3 is 0 Å². The van der Waals surface area contributed by atoms with Crippen LogP contribution in [0.2, 0.25) is 0 Å².